The highest BCUT2D eigenvalue weighted by atomic mass is 16.6. The molecule has 0 radical (unpaired) electrons. The van der Waals surface area contributed by atoms with E-state index in [9.17, 15) is 14.4 Å². The Morgan fingerprint density at radius 1 is 0.875 bits per heavy atom. The molecule has 118 valence electrons. The van der Waals surface area contributed by atoms with Crippen LogP contribution in [0.4, 0.5) is 11.4 Å². The summed E-state index contributed by atoms with van der Waals surface area (Å²) in [6, 6.07) is 10.0. The number of hydrogen-bond acceptors (Lipinski definition) is 6. The van der Waals surface area contributed by atoms with Crippen molar-refractivity contribution in [2.24, 2.45) is 0 Å². The van der Waals surface area contributed by atoms with E-state index in [4.69, 9.17) is 4.74 Å². The average molecular weight is 321 g/mol. The molecule has 0 atom stereocenters. The molecule has 2 aliphatic rings. The molecule has 2 aliphatic heterocycles. The van der Waals surface area contributed by atoms with Gasteiger partial charge in [-0.25, -0.2) is 14.4 Å². The molecule has 0 aromatic heterocycles. The van der Waals surface area contributed by atoms with Crippen LogP contribution in [0, 0.1) is 0 Å². The fourth-order valence-corrected chi connectivity index (χ4v) is 2.82. The second-order valence-corrected chi connectivity index (χ2v) is 5.33. The Hall–Kier alpha value is -3.41. The monoisotopic (exact) mass is 321 g/mol. The molecule has 6 nitrogen and oxygen atoms in total. The molecular formula is C18H11NO5. The van der Waals surface area contributed by atoms with Crippen molar-refractivity contribution in [3.63, 3.8) is 0 Å². The first-order chi connectivity index (χ1) is 11.6. The third kappa shape index (κ3) is 2.00. The number of anilines is 2. The Morgan fingerprint density at radius 2 is 1.67 bits per heavy atom. The van der Waals surface area contributed by atoms with Gasteiger partial charge in [0.05, 0.1) is 22.4 Å². The molecule has 0 aliphatic carbocycles. The van der Waals surface area contributed by atoms with Gasteiger partial charge in [0.1, 0.15) is 5.76 Å². The summed E-state index contributed by atoms with van der Waals surface area (Å²) in [6.07, 6.45) is 1.72. The molecule has 0 saturated heterocycles. The Kier molecular flexibility index (Phi) is 2.99. The minimum absolute atomic E-state index is 0.194. The largest absolute Gasteiger partial charge is 0.423 e. The zero-order chi connectivity index (χ0) is 16.8. The van der Waals surface area contributed by atoms with Gasteiger partial charge < -0.3 is 14.8 Å². The SMILES string of the molecule is CC=C1OC(=O)c2cc(Nc3cccc4c3C(=O)OC4=O)ccc21. The number of rotatable bonds is 2. The molecule has 4 rings (SSSR count). The number of fused-ring (bicyclic) bond motifs is 2. The lowest BCUT2D eigenvalue weighted by atomic mass is 10.1. The average Bonchev–Trinajstić information content (AvgIpc) is 3.05. The molecule has 0 bridgehead atoms. The van der Waals surface area contributed by atoms with Gasteiger partial charge in [-0.05, 0) is 43.3 Å². The number of carbonyl (C=O) groups excluding carboxylic acids is 3. The van der Waals surface area contributed by atoms with E-state index < -0.39 is 17.9 Å². The molecule has 6 heteroatoms. The maximum atomic E-state index is 11.9. The van der Waals surface area contributed by atoms with E-state index in [1.807, 2.05) is 0 Å². The van der Waals surface area contributed by atoms with Crippen molar-refractivity contribution in [3.05, 3.63) is 64.7 Å². The van der Waals surface area contributed by atoms with Crippen molar-refractivity contribution in [1.29, 1.82) is 0 Å². The highest BCUT2D eigenvalue weighted by Gasteiger charge is 2.32. The van der Waals surface area contributed by atoms with Gasteiger partial charge in [0, 0.05) is 11.3 Å². The smallest absolute Gasteiger partial charge is 0.349 e. The molecule has 0 amide bonds. The number of esters is 3. The fraction of sp³-hybridized carbons (Fsp3) is 0.0556. The molecule has 1 N–H and O–H groups in total. The maximum Gasteiger partial charge on any atom is 0.349 e. The summed E-state index contributed by atoms with van der Waals surface area (Å²) in [7, 11) is 0. The van der Waals surface area contributed by atoms with Crippen molar-refractivity contribution in [2.75, 3.05) is 5.32 Å². The Labute approximate surface area is 136 Å². The first-order valence-electron chi connectivity index (χ1n) is 7.28. The van der Waals surface area contributed by atoms with Crippen LogP contribution in [0.3, 0.4) is 0 Å². The van der Waals surface area contributed by atoms with Crippen molar-refractivity contribution in [2.45, 2.75) is 6.92 Å². The fourth-order valence-electron chi connectivity index (χ4n) is 2.82. The predicted molar refractivity (Wildman–Crippen MR) is 85.0 cm³/mol. The number of nitrogens with one attached hydrogen (secondary N) is 1. The third-order valence-corrected chi connectivity index (χ3v) is 3.92. The first kappa shape index (κ1) is 14.2. The highest BCUT2D eigenvalue weighted by molar-refractivity contribution is 6.17. The molecular weight excluding hydrogens is 310 g/mol. The zero-order valence-electron chi connectivity index (χ0n) is 12.6. The summed E-state index contributed by atoms with van der Waals surface area (Å²) in [5.41, 5.74) is 2.63. The minimum Gasteiger partial charge on any atom is -0.423 e. The van der Waals surface area contributed by atoms with Gasteiger partial charge in [-0.1, -0.05) is 6.07 Å². The van der Waals surface area contributed by atoms with Crippen molar-refractivity contribution in [1.82, 2.24) is 0 Å². The lowest BCUT2D eigenvalue weighted by Gasteiger charge is -2.09. The van der Waals surface area contributed by atoms with Crippen LogP contribution in [0.25, 0.3) is 5.76 Å². The molecule has 24 heavy (non-hydrogen) atoms. The molecule has 0 unspecified atom stereocenters. The van der Waals surface area contributed by atoms with E-state index in [1.54, 1.807) is 43.3 Å². The van der Waals surface area contributed by atoms with Gasteiger partial charge in [-0.15, -0.1) is 0 Å². The predicted octanol–water partition coefficient (Wildman–Crippen LogP) is 3.27. The van der Waals surface area contributed by atoms with Crippen LogP contribution in [0.5, 0.6) is 0 Å². The van der Waals surface area contributed by atoms with Crippen LogP contribution < -0.4 is 5.32 Å². The maximum absolute atomic E-state index is 11.9. The summed E-state index contributed by atoms with van der Waals surface area (Å²) in [5, 5.41) is 3.06. The first-order valence-corrected chi connectivity index (χ1v) is 7.28. The number of carbonyl (C=O) groups is 3. The summed E-state index contributed by atoms with van der Waals surface area (Å²) >= 11 is 0. The zero-order valence-corrected chi connectivity index (χ0v) is 12.6. The normalized spacial score (nSPS) is 16.7. The van der Waals surface area contributed by atoms with Gasteiger partial charge in [-0.3, -0.25) is 0 Å². The topological polar surface area (TPSA) is 81.7 Å². The van der Waals surface area contributed by atoms with E-state index in [0.717, 1.165) is 5.56 Å². The van der Waals surface area contributed by atoms with Crippen LogP contribution in [0.1, 0.15) is 43.6 Å². The second kappa shape index (κ2) is 5.06. The van der Waals surface area contributed by atoms with E-state index in [1.165, 1.54) is 6.07 Å². The van der Waals surface area contributed by atoms with Crippen LogP contribution in [0.15, 0.2) is 42.5 Å². The minimum atomic E-state index is -0.685. The summed E-state index contributed by atoms with van der Waals surface area (Å²) in [6.45, 7) is 1.79. The van der Waals surface area contributed by atoms with Gasteiger partial charge in [0.2, 0.25) is 0 Å². The summed E-state index contributed by atoms with van der Waals surface area (Å²) in [4.78, 5) is 35.4. The Morgan fingerprint density at radius 3 is 2.46 bits per heavy atom. The van der Waals surface area contributed by atoms with Crippen molar-refractivity contribution < 1.29 is 23.9 Å². The Balaban J connectivity index is 1.74. The van der Waals surface area contributed by atoms with Crippen molar-refractivity contribution in [3.8, 4) is 0 Å². The highest BCUT2D eigenvalue weighted by Crippen LogP contribution is 2.34. The van der Waals surface area contributed by atoms with E-state index in [2.05, 4.69) is 10.1 Å². The number of hydrogen-bond donors (Lipinski definition) is 1. The molecule has 0 spiro atoms. The van der Waals surface area contributed by atoms with E-state index >= 15 is 0 Å². The number of ether oxygens (including phenoxy) is 2. The molecule has 0 fully saturated rings. The molecule has 2 aromatic carbocycles. The number of allylic oxidation sites excluding steroid dienone is 1. The summed E-state index contributed by atoms with van der Waals surface area (Å²) in [5.74, 6) is -1.24. The molecule has 2 heterocycles. The van der Waals surface area contributed by atoms with E-state index in [0.29, 0.717) is 22.7 Å². The Bertz CT molecular complexity index is 958. The lowest BCUT2D eigenvalue weighted by molar-refractivity contribution is 0.0443. The van der Waals surface area contributed by atoms with Gasteiger partial charge >= 0.3 is 17.9 Å². The van der Waals surface area contributed by atoms with Crippen LogP contribution in [0.2, 0.25) is 0 Å². The van der Waals surface area contributed by atoms with Crippen LogP contribution in [-0.4, -0.2) is 17.9 Å². The third-order valence-electron chi connectivity index (χ3n) is 3.92. The van der Waals surface area contributed by atoms with E-state index in [-0.39, 0.29) is 11.1 Å². The van der Waals surface area contributed by atoms with Crippen molar-refractivity contribution >= 4 is 35.0 Å². The van der Waals surface area contributed by atoms with Gasteiger partial charge in [0.25, 0.3) is 0 Å². The quantitative estimate of drug-likeness (QED) is 0.675. The van der Waals surface area contributed by atoms with Crippen LogP contribution >= 0.6 is 0 Å². The standard InChI is InChI=1S/C18H11NO5/c1-2-14-10-7-6-9(8-12(10)17(21)23-14)19-13-5-3-4-11-15(13)18(22)24-16(11)20/h2-8,19H,1H3. The lowest BCUT2D eigenvalue weighted by Crippen LogP contribution is -2.02. The number of cyclic esters (lactones) is 3. The van der Waals surface area contributed by atoms with Crippen LogP contribution in [-0.2, 0) is 9.47 Å². The van der Waals surface area contributed by atoms with Gasteiger partial charge in [-0.2, -0.15) is 0 Å². The van der Waals surface area contributed by atoms with Gasteiger partial charge in [0.15, 0.2) is 0 Å². The molecule has 0 saturated carbocycles. The number of benzene rings is 2. The molecule has 2 aromatic rings. The summed E-state index contributed by atoms with van der Waals surface area (Å²) < 4.78 is 9.80. The second-order valence-electron chi connectivity index (χ2n) is 5.33.